The highest BCUT2D eigenvalue weighted by Crippen LogP contribution is 2.16. The van der Waals surface area contributed by atoms with Crippen LogP contribution < -0.4 is 16.0 Å². The minimum Gasteiger partial charge on any atom is -0.367 e. The topological polar surface area (TPSA) is 93.4 Å². The van der Waals surface area contributed by atoms with Gasteiger partial charge in [-0.15, -0.1) is 0 Å². The molecule has 4 aromatic heterocycles. The molecular weight excluding hydrogens is 446 g/mol. The number of H-pyrrole nitrogens is 2. The molecule has 188 valence electrons. The molecule has 7 heteroatoms. The fourth-order valence-electron chi connectivity index (χ4n) is 4.11. The van der Waals surface area contributed by atoms with Crippen molar-refractivity contribution in [2.75, 3.05) is 23.7 Å². The Labute approximate surface area is 213 Å². The zero-order chi connectivity index (χ0) is 25.2. The van der Waals surface area contributed by atoms with Gasteiger partial charge in [-0.1, -0.05) is 43.7 Å². The van der Waals surface area contributed by atoms with Crippen LogP contribution in [0, 0.1) is 6.92 Å². The molecule has 0 aliphatic carbocycles. The van der Waals surface area contributed by atoms with E-state index in [4.69, 9.17) is 0 Å². The number of rotatable bonds is 5. The lowest BCUT2D eigenvalue weighted by Gasteiger charge is -2.24. The van der Waals surface area contributed by atoms with E-state index in [2.05, 4.69) is 85.3 Å². The minimum absolute atomic E-state index is 0.557. The number of aromatic nitrogens is 4. The van der Waals surface area contributed by atoms with Crippen LogP contribution >= 0.6 is 0 Å². The molecule has 5 N–H and O–H groups in total. The van der Waals surface area contributed by atoms with Gasteiger partial charge in [-0.2, -0.15) is 0 Å². The molecule has 1 saturated heterocycles. The first-order valence-corrected chi connectivity index (χ1v) is 12.9. The van der Waals surface area contributed by atoms with Crippen LogP contribution in [0.15, 0.2) is 73.1 Å². The summed E-state index contributed by atoms with van der Waals surface area (Å²) in [5, 5.41) is 12.5. The number of hydrogen-bond acceptors (Lipinski definition) is 5. The van der Waals surface area contributed by atoms with Crippen LogP contribution in [-0.4, -0.2) is 39.1 Å². The maximum atomic E-state index is 4.54. The van der Waals surface area contributed by atoms with Gasteiger partial charge in [0.15, 0.2) is 0 Å². The zero-order valence-electron chi connectivity index (χ0n) is 21.4. The van der Waals surface area contributed by atoms with Crippen molar-refractivity contribution in [3.05, 3.63) is 84.2 Å². The average Bonchev–Trinajstić information content (AvgIpc) is 3.59. The summed E-state index contributed by atoms with van der Waals surface area (Å²) in [6, 6.07) is 21.4. The molecule has 36 heavy (non-hydrogen) atoms. The molecule has 1 fully saturated rings. The summed E-state index contributed by atoms with van der Waals surface area (Å²) in [5.74, 6) is 1.87. The van der Waals surface area contributed by atoms with E-state index in [1.807, 2.05) is 44.4 Å². The monoisotopic (exact) mass is 483 g/mol. The normalized spacial score (nSPS) is 13.4. The van der Waals surface area contributed by atoms with Gasteiger partial charge in [-0.3, -0.25) is 0 Å². The van der Waals surface area contributed by atoms with Crippen molar-refractivity contribution in [2.45, 2.75) is 46.2 Å². The molecule has 1 aliphatic rings. The van der Waals surface area contributed by atoms with Gasteiger partial charge in [-0.05, 0) is 74.8 Å². The number of aromatic amines is 2. The fourth-order valence-corrected chi connectivity index (χ4v) is 4.11. The van der Waals surface area contributed by atoms with Gasteiger partial charge in [0.1, 0.15) is 22.9 Å². The van der Waals surface area contributed by atoms with Gasteiger partial charge in [-0.25, -0.2) is 9.97 Å². The molecule has 0 bridgehead atoms. The standard InChI is InChI=1S/C15H15N3.C12H16N4.C2H6/c1-11-2-4-12(5-3-11)10-17-14-7-6-13-8-9-16-15(13)18-14;1-2-11(15-10-4-6-13-7-5-10)16-12-9(1)3-8-14-12;1-2/h2-9H,10H2,1H3,(H2,16,17,18);1-3,8,10,13H,4-7H2,(H2,14,15,16);1-2H3. The molecule has 0 atom stereocenters. The second-order valence-electron chi connectivity index (χ2n) is 8.73. The van der Waals surface area contributed by atoms with E-state index in [-0.39, 0.29) is 0 Å². The number of aryl methyl sites for hydroxylation is 1. The van der Waals surface area contributed by atoms with E-state index >= 15 is 0 Å². The Kier molecular flexibility index (Phi) is 8.94. The Morgan fingerprint density at radius 2 is 1.33 bits per heavy atom. The van der Waals surface area contributed by atoms with Crippen LogP contribution in [-0.2, 0) is 6.54 Å². The predicted octanol–water partition coefficient (Wildman–Crippen LogP) is 6.24. The summed E-state index contributed by atoms with van der Waals surface area (Å²) in [4.78, 5) is 15.3. The van der Waals surface area contributed by atoms with Crippen LogP contribution in [0.25, 0.3) is 22.1 Å². The molecular formula is C29H37N7. The van der Waals surface area contributed by atoms with Crippen molar-refractivity contribution < 1.29 is 0 Å². The van der Waals surface area contributed by atoms with Gasteiger partial charge in [0.25, 0.3) is 0 Å². The van der Waals surface area contributed by atoms with Crippen LogP contribution in [0.2, 0.25) is 0 Å². The molecule has 0 amide bonds. The van der Waals surface area contributed by atoms with Crippen molar-refractivity contribution in [3.63, 3.8) is 0 Å². The number of nitrogens with one attached hydrogen (secondary N) is 5. The average molecular weight is 484 g/mol. The van der Waals surface area contributed by atoms with Crippen LogP contribution in [0.3, 0.4) is 0 Å². The van der Waals surface area contributed by atoms with Gasteiger partial charge in [0.2, 0.25) is 0 Å². The Morgan fingerprint density at radius 3 is 1.97 bits per heavy atom. The van der Waals surface area contributed by atoms with Crippen LogP contribution in [0.1, 0.15) is 37.8 Å². The van der Waals surface area contributed by atoms with E-state index in [1.54, 1.807) is 0 Å². The number of nitrogens with zero attached hydrogens (tertiary/aromatic N) is 2. The summed E-state index contributed by atoms with van der Waals surface area (Å²) < 4.78 is 0. The van der Waals surface area contributed by atoms with E-state index in [9.17, 15) is 0 Å². The number of pyridine rings is 2. The van der Waals surface area contributed by atoms with Gasteiger partial charge < -0.3 is 25.9 Å². The SMILES string of the molecule is CC.Cc1ccc(CNc2ccc3cc[nH]c3n2)cc1.c1cc2ccc(NC3CCNCC3)nc2[nH]1. The minimum atomic E-state index is 0.557. The van der Waals surface area contributed by atoms with Gasteiger partial charge in [0.05, 0.1) is 0 Å². The third-order valence-electron chi connectivity index (χ3n) is 6.10. The van der Waals surface area contributed by atoms with Crippen LogP contribution in [0.5, 0.6) is 0 Å². The van der Waals surface area contributed by atoms with E-state index < -0.39 is 0 Å². The summed E-state index contributed by atoms with van der Waals surface area (Å²) in [7, 11) is 0. The third-order valence-corrected chi connectivity index (χ3v) is 6.10. The van der Waals surface area contributed by atoms with E-state index in [0.717, 1.165) is 53.3 Å². The van der Waals surface area contributed by atoms with Crippen molar-refractivity contribution in [3.8, 4) is 0 Å². The summed E-state index contributed by atoms with van der Waals surface area (Å²) in [6.45, 7) is 9.09. The summed E-state index contributed by atoms with van der Waals surface area (Å²) in [6.07, 6.45) is 6.17. The fraction of sp³-hybridized carbons (Fsp3) is 0.310. The summed E-state index contributed by atoms with van der Waals surface area (Å²) in [5.41, 5.74) is 4.42. The molecule has 1 aromatic carbocycles. The lowest BCUT2D eigenvalue weighted by Crippen LogP contribution is -2.35. The molecule has 5 aromatic rings. The Hall–Kier alpha value is -3.84. The van der Waals surface area contributed by atoms with Gasteiger partial charge >= 0.3 is 0 Å². The van der Waals surface area contributed by atoms with E-state index in [0.29, 0.717) is 6.04 Å². The maximum absolute atomic E-state index is 4.54. The second kappa shape index (κ2) is 12.7. The summed E-state index contributed by atoms with van der Waals surface area (Å²) >= 11 is 0. The van der Waals surface area contributed by atoms with E-state index in [1.165, 1.54) is 24.0 Å². The highest BCUT2D eigenvalue weighted by atomic mass is 15.1. The number of benzene rings is 1. The molecule has 1 aliphatic heterocycles. The highest BCUT2D eigenvalue weighted by Gasteiger charge is 2.13. The van der Waals surface area contributed by atoms with Crippen molar-refractivity contribution >= 4 is 33.7 Å². The first-order chi connectivity index (χ1) is 17.7. The Bertz CT molecular complexity index is 1330. The molecule has 0 saturated carbocycles. The first-order valence-electron chi connectivity index (χ1n) is 12.9. The predicted molar refractivity (Wildman–Crippen MR) is 152 cm³/mol. The van der Waals surface area contributed by atoms with Crippen molar-refractivity contribution in [2.24, 2.45) is 0 Å². The first kappa shape index (κ1) is 25.3. The number of fused-ring (bicyclic) bond motifs is 2. The second-order valence-corrected chi connectivity index (χ2v) is 8.73. The quantitative estimate of drug-likeness (QED) is 0.204. The van der Waals surface area contributed by atoms with Crippen molar-refractivity contribution in [1.82, 2.24) is 25.3 Å². The zero-order valence-corrected chi connectivity index (χ0v) is 21.4. The Morgan fingerprint density at radius 1 is 0.750 bits per heavy atom. The maximum Gasteiger partial charge on any atom is 0.139 e. The largest absolute Gasteiger partial charge is 0.367 e. The van der Waals surface area contributed by atoms with Gasteiger partial charge in [0, 0.05) is 35.8 Å². The number of hydrogen-bond donors (Lipinski definition) is 5. The molecule has 7 nitrogen and oxygen atoms in total. The van der Waals surface area contributed by atoms with Crippen molar-refractivity contribution in [1.29, 1.82) is 0 Å². The number of piperidine rings is 1. The highest BCUT2D eigenvalue weighted by molar-refractivity contribution is 5.77. The molecule has 0 unspecified atom stereocenters. The lowest BCUT2D eigenvalue weighted by molar-refractivity contribution is 0.478. The third kappa shape index (κ3) is 6.86. The Balaban J connectivity index is 0.000000159. The lowest BCUT2D eigenvalue weighted by atomic mass is 10.1. The molecule has 5 heterocycles. The van der Waals surface area contributed by atoms with Crippen LogP contribution in [0.4, 0.5) is 11.6 Å². The molecule has 0 radical (unpaired) electrons. The smallest absolute Gasteiger partial charge is 0.139 e. The molecule has 6 rings (SSSR count). The molecule has 0 spiro atoms. The number of anilines is 2.